The van der Waals surface area contributed by atoms with Crippen LogP contribution in [0.4, 0.5) is 0 Å². The molecule has 4 nitrogen and oxygen atoms in total. The lowest BCUT2D eigenvalue weighted by molar-refractivity contribution is 0.0135. The Hall–Kier alpha value is -0.160. The molecule has 1 aliphatic carbocycles. The van der Waals surface area contributed by atoms with Gasteiger partial charge < -0.3 is 19.5 Å². The molecule has 1 rings (SSSR count). The van der Waals surface area contributed by atoms with E-state index in [9.17, 15) is 0 Å². The van der Waals surface area contributed by atoms with E-state index in [1.54, 1.807) is 14.2 Å². The molecule has 1 aliphatic rings. The van der Waals surface area contributed by atoms with Gasteiger partial charge in [-0.05, 0) is 12.8 Å². The maximum atomic E-state index is 5.33. The second-order valence-corrected chi connectivity index (χ2v) is 3.59. The first kappa shape index (κ1) is 11.9. The van der Waals surface area contributed by atoms with Crippen molar-refractivity contribution in [2.45, 2.75) is 25.0 Å². The van der Waals surface area contributed by atoms with E-state index in [1.165, 1.54) is 0 Å². The SMILES string of the molecule is COCCOCCNC1CC(OC)C1. The van der Waals surface area contributed by atoms with Crippen LogP contribution in [0.25, 0.3) is 0 Å². The standard InChI is InChI=1S/C10H21NO3/c1-12-5-6-14-4-3-11-9-7-10(8-9)13-2/h9-11H,3-8H2,1-2H3. The van der Waals surface area contributed by atoms with Crippen LogP contribution in [0, 0.1) is 0 Å². The van der Waals surface area contributed by atoms with Crippen molar-refractivity contribution >= 4 is 0 Å². The highest BCUT2D eigenvalue weighted by Gasteiger charge is 2.27. The molecule has 1 fully saturated rings. The zero-order valence-electron chi connectivity index (χ0n) is 9.12. The van der Waals surface area contributed by atoms with Crippen LogP contribution in [0.2, 0.25) is 0 Å². The van der Waals surface area contributed by atoms with Crippen molar-refractivity contribution in [3.63, 3.8) is 0 Å². The molecule has 0 saturated heterocycles. The van der Waals surface area contributed by atoms with Crippen molar-refractivity contribution in [3.8, 4) is 0 Å². The highest BCUT2D eigenvalue weighted by molar-refractivity contribution is 4.85. The lowest BCUT2D eigenvalue weighted by Crippen LogP contribution is -2.46. The Labute approximate surface area is 85.9 Å². The summed E-state index contributed by atoms with van der Waals surface area (Å²) in [6, 6.07) is 0.631. The van der Waals surface area contributed by atoms with Gasteiger partial charge in [0, 0.05) is 26.8 Å². The van der Waals surface area contributed by atoms with Gasteiger partial charge in [0.2, 0.25) is 0 Å². The Balaban J connectivity index is 1.77. The minimum Gasteiger partial charge on any atom is -0.382 e. The van der Waals surface area contributed by atoms with E-state index in [-0.39, 0.29) is 0 Å². The third-order valence-electron chi connectivity index (χ3n) is 2.54. The summed E-state index contributed by atoms with van der Waals surface area (Å²) in [5.74, 6) is 0. The Morgan fingerprint density at radius 1 is 1.14 bits per heavy atom. The molecule has 0 atom stereocenters. The highest BCUT2D eigenvalue weighted by Crippen LogP contribution is 2.21. The first-order valence-electron chi connectivity index (χ1n) is 5.19. The molecular formula is C10H21NO3. The van der Waals surface area contributed by atoms with Crippen LogP contribution < -0.4 is 5.32 Å². The van der Waals surface area contributed by atoms with Crippen molar-refractivity contribution in [1.29, 1.82) is 0 Å². The van der Waals surface area contributed by atoms with Gasteiger partial charge in [-0.1, -0.05) is 0 Å². The molecule has 0 aliphatic heterocycles. The van der Waals surface area contributed by atoms with Crippen LogP contribution >= 0.6 is 0 Å². The van der Waals surface area contributed by atoms with Gasteiger partial charge in [0.15, 0.2) is 0 Å². The molecule has 0 aromatic heterocycles. The highest BCUT2D eigenvalue weighted by atomic mass is 16.5. The van der Waals surface area contributed by atoms with E-state index in [4.69, 9.17) is 14.2 Å². The third kappa shape index (κ3) is 4.37. The second kappa shape index (κ2) is 7.17. The largest absolute Gasteiger partial charge is 0.382 e. The van der Waals surface area contributed by atoms with E-state index in [1.807, 2.05) is 0 Å². The molecule has 0 spiro atoms. The topological polar surface area (TPSA) is 39.7 Å². The van der Waals surface area contributed by atoms with Crippen LogP contribution in [0.3, 0.4) is 0 Å². The summed E-state index contributed by atoms with van der Waals surface area (Å²) in [5.41, 5.74) is 0. The van der Waals surface area contributed by atoms with Crippen LogP contribution in [0.15, 0.2) is 0 Å². The van der Waals surface area contributed by atoms with E-state index in [2.05, 4.69) is 5.32 Å². The average molecular weight is 203 g/mol. The van der Waals surface area contributed by atoms with Crippen molar-refractivity contribution in [2.24, 2.45) is 0 Å². The van der Waals surface area contributed by atoms with Crippen molar-refractivity contribution in [2.75, 3.05) is 40.6 Å². The molecular weight excluding hydrogens is 182 g/mol. The molecule has 0 heterocycles. The average Bonchev–Trinajstić information content (AvgIpc) is 2.14. The molecule has 14 heavy (non-hydrogen) atoms. The summed E-state index contributed by atoms with van der Waals surface area (Å²) in [6.07, 6.45) is 2.74. The van der Waals surface area contributed by atoms with Gasteiger partial charge in [0.05, 0.1) is 25.9 Å². The van der Waals surface area contributed by atoms with E-state index in [0.29, 0.717) is 25.4 Å². The summed E-state index contributed by atoms with van der Waals surface area (Å²) in [5, 5.41) is 3.41. The quantitative estimate of drug-likeness (QED) is 0.580. The summed E-state index contributed by atoms with van der Waals surface area (Å²) >= 11 is 0. The Kier molecular flexibility index (Phi) is 6.10. The summed E-state index contributed by atoms with van der Waals surface area (Å²) in [4.78, 5) is 0. The fourth-order valence-electron chi connectivity index (χ4n) is 1.50. The van der Waals surface area contributed by atoms with Crippen LogP contribution in [0.1, 0.15) is 12.8 Å². The minimum atomic E-state index is 0.474. The van der Waals surface area contributed by atoms with Crippen LogP contribution in [-0.2, 0) is 14.2 Å². The lowest BCUT2D eigenvalue weighted by Gasteiger charge is -2.34. The van der Waals surface area contributed by atoms with Gasteiger partial charge in [0.25, 0.3) is 0 Å². The molecule has 1 N–H and O–H groups in total. The van der Waals surface area contributed by atoms with E-state index < -0.39 is 0 Å². The number of methoxy groups -OCH3 is 2. The number of ether oxygens (including phenoxy) is 3. The molecule has 0 amide bonds. The van der Waals surface area contributed by atoms with Gasteiger partial charge >= 0.3 is 0 Å². The van der Waals surface area contributed by atoms with Gasteiger partial charge in [-0.3, -0.25) is 0 Å². The van der Waals surface area contributed by atoms with Crippen molar-refractivity contribution in [3.05, 3.63) is 0 Å². The molecule has 84 valence electrons. The van der Waals surface area contributed by atoms with Gasteiger partial charge in [-0.2, -0.15) is 0 Å². The zero-order chi connectivity index (χ0) is 10.2. The maximum Gasteiger partial charge on any atom is 0.0700 e. The molecule has 0 aromatic rings. The van der Waals surface area contributed by atoms with Crippen LogP contribution in [-0.4, -0.2) is 52.7 Å². The maximum absolute atomic E-state index is 5.33. The predicted octanol–water partition coefficient (Wildman–Crippen LogP) is 0.416. The smallest absolute Gasteiger partial charge is 0.0700 e. The summed E-state index contributed by atoms with van der Waals surface area (Å²) in [6.45, 7) is 3.04. The molecule has 0 unspecified atom stereocenters. The minimum absolute atomic E-state index is 0.474. The van der Waals surface area contributed by atoms with E-state index >= 15 is 0 Å². The third-order valence-corrected chi connectivity index (χ3v) is 2.54. The Morgan fingerprint density at radius 3 is 2.57 bits per heavy atom. The lowest BCUT2D eigenvalue weighted by atomic mass is 9.89. The number of nitrogens with one attached hydrogen (secondary N) is 1. The van der Waals surface area contributed by atoms with Gasteiger partial charge in [-0.15, -0.1) is 0 Å². The zero-order valence-corrected chi connectivity index (χ0v) is 9.12. The van der Waals surface area contributed by atoms with Gasteiger partial charge in [-0.25, -0.2) is 0 Å². The molecule has 0 radical (unpaired) electrons. The van der Waals surface area contributed by atoms with E-state index in [0.717, 1.165) is 26.0 Å². The predicted molar refractivity (Wildman–Crippen MR) is 54.5 cm³/mol. The number of hydrogen-bond donors (Lipinski definition) is 1. The first-order chi connectivity index (χ1) is 6.86. The normalized spacial score (nSPS) is 26.1. The first-order valence-corrected chi connectivity index (χ1v) is 5.19. The summed E-state index contributed by atoms with van der Waals surface area (Å²) < 4.78 is 15.4. The number of rotatable bonds is 8. The summed E-state index contributed by atoms with van der Waals surface area (Å²) in [7, 11) is 3.45. The number of hydrogen-bond acceptors (Lipinski definition) is 4. The molecule has 0 aromatic carbocycles. The van der Waals surface area contributed by atoms with Gasteiger partial charge in [0.1, 0.15) is 0 Å². The van der Waals surface area contributed by atoms with Crippen molar-refractivity contribution in [1.82, 2.24) is 5.32 Å². The Morgan fingerprint density at radius 2 is 1.93 bits per heavy atom. The van der Waals surface area contributed by atoms with Crippen LogP contribution in [0.5, 0.6) is 0 Å². The molecule has 1 saturated carbocycles. The Bertz CT molecular complexity index is 137. The van der Waals surface area contributed by atoms with Crippen molar-refractivity contribution < 1.29 is 14.2 Å². The fraction of sp³-hybridized carbons (Fsp3) is 1.00. The fourth-order valence-corrected chi connectivity index (χ4v) is 1.50. The molecule has 0 bridgehead atoms. The second-order valence-electron chi connectivity index (χ2n) is 3.59. The molecule has 4 heteroatoms. The monoisotopic (exact) mass is 203 g/mol.